The molecule has 2 aromatic carbocycles. The molecule has 0 fully saturated rings. The number of hydrogen-bond donors (Lipinski definition) is 2. The zero-order chi connectivity index (χ0) is 23.4. The van der Waals surface area contributed by atoms with Gasteiger partial charge in [0, 0.05) is 33.1 Å². The fourth-order valence-corrected chi connectivity index (χ4v) is 3.29. The van der Waals surface area contributed by atoms with Crippen molar-refractivity contribution in [3.05, 3.63) is 84.0 Å². The lowest BCUT2D eigenvalue weighted by atomic mass is 9.76. The average molecular weight is 421 g/mol. The van der Waals surface area contributed by atoms with E-state index in [-0.39, 0.29) is 17.3 Å². The molecule has 0 aromatic heterocycles. The van der Waals surface area contributed by atoms with Crippen molar-refractivity contribution in [1.82, 2.24) is 0 Å². The first-order chi connectivity index (χ1) is 14.5. The van der Waals surface area contributed by atoms with E-state index >= 15 is 0 Å². The van der Waals surface area contributed by atoms with Gasteiger partial charge in [0.15, 0.2) is 5.78 Å². The van der Waals surface area contributed by atoms with Gasteiger partial charge in [-0.1, -0.05) is 39.8 Å². The highest BCUT2D eigenvalue weighted by atomic mass is 16.5. The fourth-order valence-electron chi connectivity index (χ4n) is 3.29. The van der Waals surface area contributed by atoms with Gasteiger partial charge in [0.2, 0.25) is 0 Å². The highest BCUT2D eigenvalue weighted by molar-refractivity contribution is 6.07. The Hall–Kier alpha value is -3.27. The second-order valence-corrected chi connectivity index (χ2v) is 8.60. The maximum atomic E-state index is 12.7. The summed E-state index contributed by atoms with van der Waals surface area (Å²) in [5, 5.41) is 20.7. The molecule has 0 spiro atoms. The summed E-state index contributed by atoms with van der Waals surface area (Å²) < 4.78 is 5.96. The highest BCUT2D eigenvalue weighted by Gasteiger charge is 2.32. The molecule has 0 aliphatic carbocycles. The Labute approximate surface area is 185 Å². The fraction of sp³-hybridized carbons (Fsp3) is 0.296. The first-order valence-corrected chi connectivity index (χ1v) is 10.3. The van der Waals surface area contributed by atoms with Crippen LogP contribution in [0.4, 0.5) is 0 Å². The van der Waals surface area contributed by atoms with Gasteiger partial charge in [-0.2, -0.15) is 0 Å². The molecule has 2 rings (SSSR count). The van der Waals surface area contributed by atoms with Gasteiger partial charge in [0.25, 0.3) is 0 Å². The van der Waals surface area contributed by atoms with Gasteiger partial charge in [-0.05, 0) is 49.4 Å². The molecule has 0 amide bonds. The lowest BCUT2D eigenvalue weighted by molar-refractivity contribution is 0.104. The number of phenolic OH excluding ortho intramolecular Hbond substituents is 2. The van der Waals surface area contributed by atoms with E-state index in [1.165, 1.54) is 18.2 Å². The summed E-state index contributed by atoms with van der Waals surface area (Å²) >= 11 is 0. The Bertz CT molecular complexity index is 1010. The number of carbonyl (C=O) groups is 1. The molecule has 31 heavy (non-hydrogen) atoms. The molecule has 0 saturated carbocycles. The molecular formula is C27H32O4. The molecule has 0 unspecified atom stereocenters. The van der Waals surface area contributed by atoms with E-state index in [0.29, 0.717) is 34.6 Å². The van der Waals surface area contributed by atoms with Crippen LogP contribution in [0.5, 0.6) is 17.2 Å². The Balaban J connectivity index is 2.74. The summed E-state index contributed by atoms with van der Waals surface area (Å²) in [5.74, 6) is 0.554. The number of ketones is 1. The maximum Gasteiger partial charge on any atom is 0.185 e. The summed E-state index contributed by atoms with van der Waals surface area (Å²) in [6, 6.07) is 7.93. The lowest BCUT2D eigenvalue weighted by Crippen LogP contribution is -2.20. The molecule has 0 radical (unpaired) electrons. The highest BCUT2D eigenvalue weighted by Crippen LogP contribution is 2.47. The largest absolute Gasteiger partial charge is 0.508 e. The van der Waals surface area contributed by atoms with Crippen molar-refractivity contribution in [2.45, 2.75) is 45.4 Å². The zero-order valence-corrected chi connectivity index (χ0v) is 19.0. The van der Waals surface area contributed by atoms with Crippen molar-refractivity contribution >= 4 is 11.9 Å². The van der Waals surface area contributed by atoms with E-state index in [2.05, 4.69) is 13.2 Å². The van der Waals surface area contributed by atoms with Gasteiger partial charge < -0.3 is 14.9 Å². The summed E-state index contributed by atoms with van der Waals surface area (Å²) in [4.78, 5) is 12.7. The molecule has 0 aliphatic heterocycles. The molecule has 0 heterocycles. The molecule has 2 aromatic rings. The summed E-state index contributed by atoms with van der Waals surface area (Å²) in [6.07, 6.45) is 6.72. The summed E-state index contributed by atoms with van der Waals surface area (Å²) in [7, 11) is 0. The minimum absolute atomic E-state index is 0.102. The molecular weight excluding hydrogens is 388 g/mol. The summed E-state index contributed by atoms with van der Waals surface area (Å²) in [5.41, 5.74) is 1.36. The smallest absolute Gasteiger partial charge is 0.185 e. The van der Waals surface area contributed by atoms with E-state index in [0.717, 1.165) is 0 Å². The molecule has 0 saturated heterocycles. The zero-order valence-electron chi connectivity index (χ0n) is 19.0. The van der Waals surface area contributed by atoms with E-state index < -0.39 is 10.8 Å². The van der Waals surface area contributed by atoms with Crippen molar-refractivity contribution in [2.24, 2.45) is 0 Å². The summed E-state index contributed by atoms with van der Waals surface area (Å²) in [6.45, 7) is 18.0. The van der Waals surface area contributed by atoms with Gasteiger partial charge >= 0.3 is 0 Å². The molecule has 4 heteroatoms. The van der Waals surface area contributed by atoms with E-state index in [4.69, 9.17) is 4.74 Å². The quantitative estimate of drug-likeness (QED) is 0.283. The molecule has 0 bridgehead atoms. The van der Waals surface area contributed by atoms with Gasteiger partial charge in [0.1, 0.15) is 17.2 Å². The molecule has 0 atom stereocenters. The third-order valence-electron chi connectivity index (χ3n) is 5.49. The van der Waals surface area contributed by atoms with Gasteiger partial charge in [0.05, 0.1) is 6.61 Å². The molecule has 164 valence electrons. The van der Waals surface area contributed by atoms with Crippen molar-refractivity contribution in [1.29, 1.82) is 0 Å². The van der Waals surface area contributed by atoms with E-state index in [9.17, 15) is 15.0 Å². The third kappa shape index (κ3) is 5.08. The van der Waals surface area contributed by atoms with Crippen LogP contribution in [0, 0.1) is 0 Å². The normalized spacial score (nSPS) is 12.0. The molecule has 2 N–H and O–H groups in total. The lowest BCUT2D eigenvalue weighted by Gasteiger charge is -2.31. The minimum atomic E-state index is -0.578. The van der Waals surface area contributed by atoms with Gasteiger partial charge in [-0.15, -0.1) is 13.2 Å². The van der Waals surface area contributed by atoms with E-state index in [1.807, 2.05) is 40.7 Å². The number of ether oxygens (including phenoxy) is 1. The SMILES string of the molecule is C=CC(C)(C)c1cc(/C=C/C(=O)c2ccc(O)cc2)c(OCC)c(C(C)(C)C=C)c1O. The van der Waals surface area contributed by atoms with Crippen LogP contribution >= 0.6 is 0 Å². The second kappa shape index (κ2) is 9.25. The Morgan fingerprint density at radius 3 is 2.13 bits per heavy atom. The standard InChI is InChI=1S/C27H32O4/c1-8-26(4,5)21-17-19(13-16-22(29)18-11-14-20(28)15-12-18)25(31-10-3)23(24(21)30)27(6,7)9-2/h8-9,11-17,28,30H,1-2,10H2,3-7H3/b16-13+. The monoisotopic (exact) mass is 420 g/mol. The van der Waals surface area contributed by atoms with Gasteiger partial charge in [-0.25, -0.2) is 0 Å². The van der Waals surface area contributed by atoms with Crippen LogP contribution < -0.4 is 4.74 Å². The van der Waals surface area contributed by atoms with E-state index in [1.54, 1.807) is 30.4 Å². The minimum Gasteiger partial charge on any atom is -0.508 e. The van der Waals surface area contributed by atoms with Crippen molar-refractivity contribution < 1.29 is 19.7 Å². The van der Waals surface area contributed by atoms with Crippen LogP contribution in [-0.2, 0) is 10.8 Å². The Morgan fingerprint density at radius 2 is 1.61 bits per heavy atom. The molecule has 0 aliphatic rings. The first kappa shape index (κ1) is 24.0. The predicted octanol–water partition coefficient (Wildman–Crippen LogP) is 6.32. The Morgan fingerprint density at radius 1 is 1.03 bits per heavy atom. The van der Waals surface area contributed by atoms with Crippen LogP contribution in [0.1, 0.15) is 61.7 Å². The van der Waals surface area contributed by atoms with Crippen molar-refractivity contribution in [3.8, 4) is 17.2 Å². The van der Waals surface area contributed by atoms with Crippen LogP contribution in [0.3, 0.4) is 0 Å². The van der Waals surface area contributed by atoms with Crippen LogP contribution in [-0.4, -0.2) is 22.6 Å². The number of allylic oxidation sites excluding steroid dienone is 3. The Kier molecular flexibility index (Phi) is 7.17. The number of phenols is 2. The van der Waals surface area contributed by atoms with Gasteiger partial charge in [-0.3, -0.25) is 4.79 Å². The first-order valence-electron chi connectivity index (χ1n) is 10.3. The van der Waals surface area contributed by atoms with Crippen molar-refractivity contribution in [3.63, 3.8) is 0 Å². The van der Waals surface area contributed by atoms with Crippen LogP contribution in [0.2, 0.25) is 0 Å². The average Bonchev–Trinajstić information content (AvgIpc) is 2.73. The number of benzene rings is 2. The maximum absolute atomic E-state index is 12.7. The number of hydrogen-bond acceptors (Lipinski definition) is 4. The molecule has 4 nitrogen and oxygen atoms in total. The predicted molar refractivity (Wildman–Crippen MR) is 127 cm³/mol. The second-order valence-electron chi connectivity index (χ2n) is 8.60. The number of carbonyl (C=O) groups excluding carboxylic acids is 1. The number of rotatable bonds is 9. The third-order valence-corrected chi connectivity index (χ3v) is 5.49. The van der Waals surface area contributed by atoms with Crippen molar-refractivity contribution in [2.75, 3.05) is 6.61 Å². The van der Waals surface area contributed by atoms with Crippen LogP contribution in [0.25, 0.3) is 6.08 Å². The van der Waals surface area contributed by atoms with Crippen LogP contribution in [0.15, 0.2) is 61.7 Å². The topological polar surface area (TPSA) is 66.8 Å². The number of aromatic hydroxyl groups is 2.